The van der Waals surface area contributed by atoms with Crippen molar-refractivity contribution in [3.63, 3.8) is 0 Å². The molecule has 1 aromatic rings. The van der Waals surface area contributed by atoms with E-state index in [1.54, 1.807) is 0 Å². The maximum absolute atomic E-state index is 5.59. The first-order chi connectivity index (χ1) is 14.3. The number of fused-ring (bicyclic) bond motifs is 2. The number of rotatable bonds is 14. The maximum Gasteiger partial charge on any atom is 0.173 e. The molecule has 3 nitrogen and oxygen atoms in total. The third-order valence-electron chi connectivity index (χ3n) is 6.04. The Kier molecular flexibility index (Phi) is 9.30. The normalized spacial score (nSPS) is 17.9. The fourth-order valence-corrected chi connectivity index (χ4v) is 4.38. The van der Waals surface area contributed by atoms with Crippen LogP contribution in [0.5, 0.6) is 5.75 Å². The Morgan fingerprint density at radius 2 is 1.76 bits per heavy atom. The molecule has 0 aliphatic carbocycles. The molecule has 0 radical (unpaired) electrons. The van der Waals surface area contributed by atoms with E-state index in [0.717, 1.165) is 31.6 Å². The fourth-order valence-electron chi connectivity index (χ4n) is 4.38. The van der Waals surface area contributed by atoms with E-state index in [2.05, 4.69) is 31.7 Å². The summed E-state index contributed by atoms with van der Waals surface area (Å²) in [5.41, 5.74) is 5.42. The van der Waals surface area contributed by atoms with Crippen molar-refractivity contribution in [1.29, 1.82) is 0 Å². The third-order valence-corrected chi connectivity index (χ3v) is 6.04. The van der Waals surface area contributed by atoms with Crippen LogP contribution in [0.25, 0.3) is 6.08 Å². The highest BCUT2D eigenvalue weighted by Gasteiger charge is 2.21. The number of hydrogen-bond acceptors (Lipinski definition) is 3. The van der Waals surface area contributed by atoms with Crippen LogP contribution >= 0.6 is 0 Å². The molecule has 1 fully saturated rings. The second-order valence-corrected chi connectivity index (χ2v) is 8.38. The van der Waals surface area contributed by atoms with E-state index in [0.29, 0.717) is 12.7 Å². The highest BCUT2D eigenvalue weighted by Crippen LogP contribution is 2.34. The molecule has 0 N–H and O–H groups in total. The van der Waals surface area contributed by atoms with E-state index in [1.807, 2.05) is 6.08 Å². The summed E-state index contributed by atoms with van der Waals surface area (Å²) in [6, 6.07) is 2.17. The first kappa shape index (κ1) is 22.1. The van der Waals surface area contributed by atoms with Gasteiger partial charge >= 0.3 is 0 Å². The SMILES string of the molecule is C=CCc1c2cc(c(C=CC)c1CCCCCCCCCCC1CO1)OOCC2. The fraction of sp³-hybridized carbons (Fsp3) is 0.615. The summed E-state index contributed by atoms with van der Waals surface area (Å²) in [5.74, 6) is 0.870. The Morgan fingerprint density at radius 3 is 2.45 bits per heavy atom. The molecule has 2 aliphatic heterocycles. The van der Waals surface area contributed by atoms with Crippen LogP contribution in [-0.4, -0.2) is 19.3 Å². The van der Waals surface area contributed by atoms with Gasteiger partial charge in [0.1, 0.15) is 0 Å². The molecule has 1 saturated heterocycles. The summed E-state index contributed by atoms with van der Waals surface area (Å²) in [6.45, 7) is 7.67. The monoisotopic (exact) mass is 398 g/mol. The van der Waals surface area contributed by atoms with Crippen LogP contribution < -0.4 is 4.89 Å². The van der Waals surface area contributed by atoms with Crippen LogP contribution in [0.4, 0.5) is 0 Å². The van der Waals surface area contributed by atoms with Gasteiger partial charge in [-0.1, -0.05) is 63.2 Å². The van der Waals surface area contributed by atoms with Crippen molar-refractivity contribution >= 4 is 6.08 Å². The molecule has 0 aromatic heterocycles. The molecule has 0 amide bonds. The van der Waals surface area contributed by atoms with Crippen molar-refractivity contribution in [2.75, 3.05) is 13.2 Å². The van der Waals surface area contributed by atoms with Gasteiger partial charge in [0.15, 0.2) is 5.75 Å². The Labute approximate surface area is 177 Å². The van der Waals surface area contributed by atoms with E-state index >= 15 is 0 Å². The number of unbranched alkanes of at least 4 members (excludes halogenated alkanes) is 7. The lowest BCUT2D eigenvalue weighted by atomic mass is 9.88. The Morgan fingerprint density at radius 1 is 1.03 bits per heavy atom. The van der Waals surface area contributed by atoms with Crippen LogP contribution in [-0.2, 0) is 28.9 Å². The number of epoxide rings is 1. The van der Waals surface area contributed by atoms with Gasteiger partial charge in [-0.15, -0.1) is 6.58 Å². The van der Waals surface area contributed by atoms with Crippen LogP contribution in [0.1, 0.15) is 87.0 Å². The smallest absolute Gasteiger partial charge is 0.173 e. The molecule has 1 aromatic carbocycles. The van der Waals surface area contributed by atoms with Crippen LogP contribution in [0.3, 0.4) is 0 Å². The first-order valence-corrected chi connectivity index (χ1v) is 11.7. The van der Waals surface area contributed by atoms with Crippen LogP contribution in [0, 0.1) is 0 Å². The van der Waals surface area contributed by atoms with Gasteiger partial charge in [-0.2, -0.15) is 4.89 Å². The lowest BCUT2D eigenvalue weighted by Gasteiger charge is -2.17. The molecular weight excluding hydrogens is 360 g/mol. The van der Waals surface area contributed by atoms with Gasteiger partial charge in [0, 0.05) is 12.0 Å². The van der Waals surface area contributed by atoms with Crippen molar-refractivity contribution in [2.45, 2.75) is 90.1 Å². The maximum atomic E-state index is 5.59. The predicted octanol–water partition coefficient (Wildman–Crippen LogP) is 6.77. The number of hydrogen-bond donors (Lipinski definition) is 0. The van der Waals surface area contributed by atoms with E-state index in [9.17, 15) is 0 Å². The lowest BCUT2D eigenvalue weighted by molar-refractivity contribution is -0.203. The van der Waals surface area contributed by atoms with Gasteiger partial charge < -0.3 is 9.62 Å². The molecule has 160 valence electrons. The van der Waals surface area contributed by atoms with Crippen molar-refractivity contribution in [3.8, 4) is 5.75 Å². The molecule has 2 bridgehead atoms. The topological polar surface area (TPSA) is 31.0 Å². The van der Waals surface area contributed by atoms with Crippen LogP contribution in [0.15, 0.2) is 24.8 Å². The van der Waals surface area contributed by atoms with Gasteiger partial charge in [0.2, 0.25) is 0 Å². The molecule has 0 spiro atoms. The summed E-state index contributed by atoms with van der Waals surface area (Å²) in [5, 5.41) is 0. The molecule has 1 unspecified atom stereocenters. The number of ether oxygens (including phenoxy) is 1. The standard InChI is InChI=1S/C26H38O3/c1-3-13-23-21-17-18-28-29-26(19-21)25(14-4-2)24(23)16-12-10-8-6-5-7-9-11-15-22-20-27-22/h3-4,14,19,22H,1,5-13,15-18,20H2,2H3. The molecule has 3 heteroatoms. The Bertz CT molecular complexity index is 673. The highest BCUT2D eigenvalue weighted by molar-refractivity contribution is 5.65. The summed E-state index contributed by atoms with van der Waals surface area (Å²) in [6.07, 6.45) is 21.8. The quantitative estimate of drug-likeness (QED) is 0.150. The first-order valence-electron chi connectivity index (χ1n) is 11.7. The van der Waals surface area contributed by atoms with Crippen LogP contribution in [0.2, 0.25) is 0 Å². The average Bonchev–Trinajstić information content (AvgIpc) is 3.56. The van der Waals surface area contributed by atoms with E-state index < -0.39 is 0 Å². The van der Waals surface area contributed by atoms with Crippen molar-refractivity contribution in [1.82, 2.24) is 0 Å². The van der Waals surface area contributed by atoms with Gasteiger partial charge in [-0.05, 0) is 55.4 Å². The van der Waals surface area contributed by atoms with E-state index in [1.165, 1.54) is 80.0 Å². The molecular formula is C26H38O3. The zero-order valence-electron chi connectivity index (χ0n) is 18.2. The number of allylic oxidation sites excluding steroid dienone is 2. The lowest BCUT2D eigenvalue weighted by Crippen LogP contribution is -2.03. The van der Waals surface area contributed by atoms with Crippen molar-refractivity contribution < 1.29 is 14.5 Å². The average molecular weight is 399 g/mol. The third kappa shape index (κ3) is 7.01. The van der Waals surface area contributed by atoms with Gasteiger partial charge in [0.05, 0.1) is 19.3 Å². The van der Waals surface area contributed by atoms with E-state index in [-0.39, 0.29) is 0 Å². The summed E-state index contributed by atoms with van der Waals surface area (Å²) < 4.78 is 5.27. The Hall–Kier alpha value is -1.58. The Balaban J connectivity index is 1.47. The van der Waals surface area contributed by atoms with Gasteiger partial charge in [-0.25, -0.2) is 0 Å². The van der Waals surface area contributed by atoms with Gasteiger partial charge in [-0.3, -0.25) is 0 Å². The minimum Gasteiger partial charge on any atom is -0.373 e. The summed E-state index contributed by atoms with van der Waals surface area (Å²) in [7, 11) is 0. The molecule has 2 heterocycles. The largest absolute Gasteiger partial charge is 0.373 e. The summed E-state index contributed by atoms with van der Waals surface area (Å²) in [4.78, 5) is 11.0. The predicted molar refractivity (Wildman–Crippen MR) is 120 cm³/mol. The van der Waals surface area contributed by atoms with E-state index in [4.69, 9.17) is 14.5 Å². The minimum absolute atomic E-state index is 0.606. The molecule has 29 heavy (non-hydrogen) atoms. The molecule has 0 saturated carbocycles. The zero-order chi connectivity index (χ0) is 20.3. The second kappa shape index (κ2) is 12.2. The summed E-state index contributed by atoms with van der Waals surface area (Å²) >= 11 is 0. The minimum atomic E-state index is 0.606. The van der Waals surface area contributed by atoms with Crippen molar-refractivity contribution in [3.05, 3.63) is 47.1 Å². The van der Waals surface area contributed by atoms with Crippen molar-refractivity contribution in [2.24, 2.45) is 0 Å². The zero-order valence-corrected chi connectivity index (χ0v) is 18.2. The molecule has 3 rings (SSSR count). The number of benzene rings is 1. The molecule has 1 atom stereocenters. The van der Waals surface area contributed by atoms with Gasteiger partial charge in [0.25, 0.3) is 0 Å². The molecule has 2 aliphatic rings. The second-order valence-electron chi connectivity index (χ2n) is 8.38. The highest BCUT2D eigenvalue weighted by atomic mass is 17.2.